The topological polar surface area (TPSA) is 443 Å². The highest BCUT2D eigenvalue weighted by Crippen LogP contribution is 2.51. The number of carbonyl (C=O) groups is 11. The number of rotatable bonds is 19. The van der Waals surface area contributed by atoms with Crippen molar-refractivity contribution in [1.82, 2.24) is 58.2 Å². The molecule has 0 unspecified atom stereocenters. The average Bonchev–Trinajstić information content (AvgIpc) is 1.58. The summed E-state index contributed by atoms with van der Waals surface area (Å²) >= 11 is 2.72. The number of allylic oxidation sites excluding steroid dienone is 8. The molecule has 0 bridgehead atoms. The molecular formula is C100H124N15O14S2+. The van der Waals surface area contributed by atoms with Crippen LogP contribution in [-0.4, -0.2) is 212 Å². The number of para-hydroxylation sites is 1. The molecule has 4 heterocycles. The van der Waals surface area contributed by atoms with Crippen molar-refractivity contribution in [2.45, 2.75) is 202 Å². The molecular weight excluding hydrogens is 1700 g/mol. The second kappa shape index (κ2) is 46.9. The predicted molar refractivity (Wildman–Crippen MR) is 515 cm³/mol. The Balaban J connectivity index is 0.929. The number of hydrogen-bond acceptors (Lipinski definition) is 18. The monoisotopic (exact) mass is 1820 g/mol. The summed E-state index contributed by atoms with van der Waals surface area (Å²) in [6, 6.07) is 33.7. The number of phenolic OH excluding ortho intramolecular Hbond substituents is 1. The number of nitrogens with one attached hydrogen (secondary N) is 11. The van der Waals surface area contributed by atoms with Gasteiger partial charge in [-0.05, 0) is 190 Å². The third-order valence-electron chi connectivity index (χ3n) is 24.4. The number of aliphatic hydroxyl groups excluding tert-OH is 2. The van der Waals surface area contributed by atoms with Crippen LogP contribution in [0.25, 0.3) is 32.4 Å². The Labute approximate surface area is 772 Å². The second-order valence-corrected chi connectivity index (χ2v) is 36.6. The Morgan fingerprint density at radius 2 is 1.02 bits per heavy atom. The van der Waals surface area contributed by atoms with E-state index in [1.165, 1.54) is 49.5 Å². The molecule has 8 aromatic rings. The highest BCUT2D eigenvalue weighted by molar-refractivity contribution is 7.98. The molecule has 7 aromatic carbocycles. The number of thioether (sulfide) groups is 2. The van der Waals surface area contributed by atoms with Gasteiger partial charge in [0.15, 0.2) is 12.3 Å². The van der Waals surface area contributed by atoms with Crippen molar-refractivity contribution in [1.29, 1.82) is 0 Å². The van der Waals surface area contributed by atoms with Crippen LogP contribution in [0.1, 0.15) is 134 Å². The van der Waals surface area contributed by atoms with Gasteiger partial charge in [-0.1, -0.05) is 159 Å². The zero-order valence-corrected chi connectivity index (χ0v) is 77.2. The summed E-state index contributed by atoms with van der Waals surface area (Å²) in [7, 11) is 0. The van der Waals surface area contributed by atoms with Crippen LogP contribution >= 0.6 is 23.5 Å². The van der Waals surface area contributed by atoms with E-state index < -0.39 is 136 Å². The molecule has 18 N–H and O–H groups in total. The fourth-order valence-corrected chi connectivity index (χ4v) is 18.3. The molecule has 1 aromatic heterocycles. The lowest BCUT2D eigenvalue weighted by Gasteiger charge is -2.29. The number of nitrogens with two attached hydrogens (primary N) is 2. The number of aromatic nitrogens is 1. The lowest BCUT2D eigenvalue weighted by Crippen LogP contribution is -2.63. The lowest BCUT2D eigenvalue weighted by atomic mass is 9.79. The molecule has 3 aliphatic rings. The SMILES string of the molecule is CSCC[C@@H]1NC(=O)[C@H]([C@@H](C)O)NC(=O)[C@H](CCCCN)NC(=O)[C@@H](Cc2c[nH]c3ccccc23)NC(=O)[C@H](Cc2ccc(O)cc2)NC(=O)[C@H](CCSC)NC(=O)[C@@H](Cc2ccccc2)NC(=O)CC[N+]2=C(/C=C/C=C/C=C/C=C3/N(CCC(=O)NCCCC[C@@H](C(N)=O)NC(=O)[C@H]([C@@H](C)O)NC1=O)c1ccc4ccccc4c1C3(C)C)C(C)(C)c1c2ccc2ccccc12. The van der Waals surface area contributed by atoms with Crippen LogP contribution < -0.4 is 69.5 Å². The predicted octanol–water partition coefficient (Wildman–Crippen LogP) is 7.96. The number of hydrogen-bond donors (Lipinski definition) is 16. The number of benzene rings is 7. The first-order valence-electron chi connectivity index (χ1n) is 44.8. The smallest absolute Gasteiger partial charge is 0.245 e. The molecule has 0 fully saturated rings. The van der Waals surface area contributed by atoms with Gasteiger partial charge in [-0.25, -0.2) is 0 Å². The van der Waals surface area contributed by atoms with Crippen molar-refractivity contribution in [3.05, 3.63) is 234 Å². The van der Waals surface area contributed by atoms with Gasteiger partial charge in [0.05, 0.1) is 24.0 Å². The number of fused-ring (bicyclic) bond motifs is 10. The summed E-state index contributed by atoms with van der Waals surface area (Å²) in [5, 5.41) is 65.7. The molecule has 11 rings (SSSR count). The van der Waals surface area contributed by atoms with Gasteiger partial charge in [-0.3, -0.25) is 52.7 Å². The van der Waals surface area contributed by atoms with Crippen LogP contribution in [0.5, 0.6) is 5.75 Å². The van der Waals surface area contributed by atoms with Gasteiger partial charge in [0.25, 0.3) is 0 Å². The van der Waals surface area contributed by atoms with Gasteiger partial charge in [0.1, 0.15) is 60.1 Å². The van der Waals surface area contributed by atoms with Gasteiger partial charge in [0, 0.05) is 90.4 Å². The van der Waals surface area contributed by atoms with Crippen LogP contribution in [0.3, 0.4) is 0 Å². The van der Waals surface area contributed by atoms with E-state index in [9.17, 15) is 48.9 Å². The van der Waals surface area contributed by atoms with E-state index in [1.807, 2.05) is 109 Å². The number of amides is 11. The Bertz CT molecular complexity index is 5590. The van der Waals surface area contributed by atoms with E-state index in [0.717, 1.165) is 55.5 Å². The average molecular weight is 1820 g/mol. The maximum atomic E-state index is 15.5. The number of phenols is 1. The first-order chi connectivity index (χ1) is 62.9. The molecule has 131 heavy (non-hydrogen) atoms. The van der Waals surface area contributed by atoms with Gasteiger partial charge in [-0.15, -0.1) is 0 Å². The minimum absolute atomic E-state index is 0.0186. The Kier molecular flexibility index (Phi) is 35.5. The Hall–Kier alpha value is -12.4. The van der Waals surface area contributed by atoms with E-state index in [4.69, 9.17) is 11.5 Å². The van der Waals surface area contributed by atoms with Gasteiger partial charge >= 0.3 is 0 Å². The third kappa shape index (κ3) is 25.8. The number of unbranched alkanes of at least 4 members (excludes halogenated alkanes) is 1. The molecule has 3 aliphatic heterocycles. The number of aromatic hydroxyl groups is 1. The molecule has 0 aliphatic carbocycles. The summed E-state index contributed by atoms with van der Waals surface area (Å²) in [6.07, 6.45) is 16.8. The molecule has 11 atom stereocenters. The number of aromatic amines is 1. The normalized spacial score (nSPS) is 23.6. The molecule has 0 saturated carbocycles. The molecule has 11 amide bonds. The number of primary amides is 1. The first-order valence-corrected chi connectivity index (χ1v) is 47.6. The minimum atomic E-state index is -1.80. The van der Waals surface area contributed by atoms with Gasteiger partial charge < -0.3 is 89.8 Å². The summed E-state index contributed by atoms with van der Waals surface area (Å²) in [5.41, 5.74) is 19.1. The van der Waals surface area contributed by atoms with Crippen LogP contribution in [0, 0.1) is 0 Å². The minimum Gasteiger partial charge on any atom is -0.508 e. The number of aliphatic hydroxyl groups is 2. The van der Waals surface area contributed by atoms with Crippen molar-refractivity contribution in [3.63, 3.8) is 0 Å². The Morgan fingerprint density at radius 3 is 1.63 bits per heavy atom. The van der Waals surface area contributed by atoms with Crippen molar-refractivity contribution >= 4 is 138 Å². The van der Waals surface area contributed by atoms with E-state index in [-0.39, 0.29) is 101 Å². The fraction of sp³-hybridized carbons (Fsp3) is 0.400. The fourth-order valence-electron chi connectivity index (χ4n) is 17.4. The lowest BCUT2D eigenvalue weighted by molar-refractivity contribution is -0.436. The van der Waals surface area contributed by atoms with E-state index in [0.29, 0.717) is 59.2 Å². The van der Waals surface area contributed by atoms with E-state index >= 15 is 19.2 Å². The van der Waals surface area contributed by atoms with Gasteiger partial charge in [-0.2, -0.15) is 28.1 Å². The summed E-state index contributed by atoms with van der Waals surface area (Å²) in [4.78, 5) is 167. The van der Waals surface area contributed by atoms with Crippen molar-refractivity contribution in [3.8, 4) is 5.75 Å². The molecule has 29 nitrogen and oxygen atoms in total. The quantitative estimate of drug-likeness (QED) is 0.0269. The van der Waals surface area contributed by atoms with Crippen LogP contribution in [0.4, 0.5) is 11.4 Å². The number of anilines is 1. The zero-order chi connectivity index (χ0) is 94.1. The summed E-state index contributed by atoms with van der Waals surface area (Å²) in [6.45, 7) is 12.1. The van der Waals surface area contributed by atoms with Crippen molar-refractivity contribution < 1.29 is 72.6 Å². The number of carbonyl (C=O) groups excluding carboxylic acids is 11. The number of H-pyrrole nitrogens is 1. The highest BCUT2D eigenvalue weighted by Gasteiger charge is 2.47. The van der Waals surface area contributed by atoms with Crippen LogP contribution in [-0.2, 0) is 82.8 Å². The molecule has 0 spiro atoms. The van der Waals surface area contributed by atoms with Crippen molar-refractivity contribution in [2.75, 3.05) is 55.1 Å². The summed E-state index contributed by atoms with van der Waals surface area (Å²) < 4.78 is 2.15. The van der Waals surface area contributed by atoms with E-state index in [2.05, 4.69) is 156 Å². The van der Waals surface area contributed by atoms with Gasteiger partial charge in [0.2, 0.25) is 70.7 Å². The standard InChI is InChI=1S/C100H123N15O14S2/c1-61(116)88-97(128)106-73(90(102)121)35-24-26-52-103-84(119)47-53-114-80-45-41-65-29-17-19-32-70(65)86(80)99(3,4)82(114)37-15-10-9-11-16-38-83-100(5,6)87-71-33-20-18-30-66(71)42-46-81(87)115(83)54-48-85(120)105-77(57-63-27-13-12-14-28-63)94(125)108-75(49-55-130-7)91(122)110-78(58-64-39-43-68(118)44-40-64)95(126)111-79(59-67-60-104-72-34-22-21-31-69(67)72)96(127)107-74(36-23-25-51-101)92(123)112-89(62(2)117)98(129)109-76(50-56-131-8)93(124)113-88/h9-22,27-34,37-46,60-62,73-79,88-89,104,116-117H,23-26,35-36,47-59,101H2,1-8H3,(H12-,102,103,105,106,107,108,109,110,111,112,113,118,119,120,121,122,123,124,125,126,127,128,129)/p+1/t61-,62-,73+,74+,75+,76+,77-,78+,79-,88+,89+/m1/s1. The van der Waals surface area contributed by atoms with Crippen molar-refractivity contribution in [2.24, 2.45) is 11.5 Å². The molecule has 694 valence electrons. The zero-order valence-electron chi connectivity index (χ0n) is 75.5. The van der Waals surface area contributed by atoms with Crippen LogP contribution in [0.2, 0.25) is 0 Å². The second-order valence-electron chi connectivity index (χ2n) is 34.6. The molecule has 0 saturated heterocycles. The third-order valence-corrected chi connectivity index (χ3v) is 25.6. The highest BCUT2D eigenvalue weighted by atomic mass is 32.2. The Morgan fingerprint density at radius 1 is 0.511 bits per heavy atom. The molecule has 31 heteroatoms. The first kappa shape index (κ1) is 99.2. The molecule has 0 radical (unpaired) electrons. The maximum Gasteiger partial charge on any atom is 0.245 e. The maximum absolute atomic E-state index is 15.5. The van der Waals surface area contributed by atoms with Crippen LogP contribution in [0.15, 0.2) is 206 Å². The largest absolute Gasteiger partial charge is 0.508 e. The summed E-state index contributed by atoms with van der Waals surface area (Å²) in [5.74, 6) is -8.25. The van der Waals surface area contributed by atoms with E-state index in [1.54, 1.807) is 30.7 Å². The number of nitrogens with zero attached hydrogens (tertiary/aromatic N) is 2.